The summed E-state index contributed by atoms with van der Waals surface area (Å²) in [7, 11) is 0. The molecule has 66 valence electrons. The van der Waals surface area contributed by atoms with Crippen LogP contribution >= 0.6 is 11.3 Å². The predicted molar refractivity (Wildman–Crippen MR) is 54.7 cm³/mol. The average molecular weight is 181 g/mol. The molecule has 2 rings (SSSR count). The summed E-state index contributed by atoms with van der Waals surface area (Å²) in [6.07, 6.45) is 5.19. The van der Waals surface area contributed by atoms with Crippen LogP contribution in [0.4, 0.5) is 5.69 Å². The minimum Gasteiger partial charge on any atom is -0.398 e. The third-order valence-electron chi connectivity index (χ3n) is 2.80. The highest BCUT2D eigenvalue weighted by atomic mass is 32.1. The molecule has 0 aromatic carbocycles. The topological polar surface area (TPSA) is 26.0 Å². The number of aryl methyl sites for hydroxylation is 1. The molecule has 0 radical (unpaired) electrons. The fourth-order valence-electron chi connectivity index (χ4n) is 2.14. The number of hydrogen-bond donors (Lipinski definition) is 1. The third kappa shape index (κ3) is 1.14. The van der Waals surface area contributed by atoms with E-state index in [0.717, 1.165) is 11.6 Å². The SMILES string of the molecule is CCC1CCCc2scc(N)c21. The zero-order valence-corrected chi connectivity index (χ0v) is 8.29. The zero-order chi connectivity index (χ0) is 8.55. The van der Waals surface area contributed by atoms with Crippen LogP contribution in [0.25, 0.3) is 0 Å². The van der Waals surface area contributed by atoms with E-state index in [4.69, 9.17) is 5.73 Å². The summed E-state index contributed by atoms with van der Waals surface area (Å²) in [6, 6.07) is 0. The number of rotatable bonds is 1. The Kier molecular flexibility index (Phi) is 2.09. The van der Waals surface area contributed by atoms with E-state index >= 15 is 0 Å². The van der Waals surface area contributed by atoms with E-state index in [9.17, 15) is 0 Å². The van der Waals surface area contributed by atoms with Crippen LogP contribution in [0.2, 0.25) is 0 Å². The van der Waals surface area contributed by atoms with Crippen LogP contribution in [0, 0.1) is 0 Å². The molecule has 1 aromatic heterocycles. The van der Waals surface area contributed by atoms with Gasteiger partial charge in [-0.05, 0) is 37.2 Å². The number of fused-ring (bicyclic) bond motifs is 1. The normalized spacial score (nSPS) is 22.2. The summed E-state index contributed by atoms with van der Waals surface area (Å²) in [5, 5.41) is 2.11. The maximum atomic E-state index is 5.94. The molecule has 2 heteroatoms. The summed E-state index contributed by atoms with van der Waals surface area (Å²) >= 11 is 1.85. The van der Waals surface area contributed by atoms with Crippen molar-refractivity contribution in [3.8, 4) is 0 Å². The molecule has 2 N–H and O–H groups in total. The van der Waals surface area contributed by atoms with E-state index in [1.807, 2.05) is 11.3 Å². The van der Waals surface area contributed by atoms with Gasteiger partial charge in [-0.3, -0.25) is 0 Å². The number of hydrogen-bond acceptors (Lipinski definition) is 2. The van der Waals surface area contributed by atoms with Crippen molar-refractivity contribution in [3.05, 3.63) is 15.8 Å². The molecule has 0 fully saturated rings. The van der Waals surface area contributed by atoms with Gasteiger partial charge in [0.2, 0.25) is 0 Å². The molecule has 0 amide bonds. The van der Waals surface area contributed by atoms with E-state index in [0.29, 0.717) is 0 Å². The molecule has 0 spiro atoms. The fraction of sp³-hybridized carbons (Fsp3) is 0.600. The van der Waals surface area contributed by atoms with Crippen molar-refractivity contribution < 1.29 is 0 Å². The molecule has 1 aliphatic rings. The van der Waals surface area contributed by atoms with Crippen LogP contribution in [0.3, 0.4) is 0 Å². The van der Waals surface area contributed by atoms with Crippen molar-refractivity contribution in [2.75, 3.05) is 5.73 Å². The van der Waals surface area contributed by atoms with Crippen LogP contribution < -0.4 is 5.73 Å². The lowest BCUT2D eigenvalue weighted by atomic mass is 9.85. The molecule has 12 heavy (non-hydrogen) atoms. The standard InChI is InChI=1S/C10H15NS/c1-2-7-4-3-5-9-10(7)8(11)6-12-9/h6-7H,2-5,11H2,1H3. The van der Waals surface area contributed by atoms with Gasteiger partial charge >= 0.3 is 0 Å². The second-order valence-electron chi connectivity index (χ2n) is 3.53. The molecule has 1 aliphatic carbocycles. The van der Waals surface area contributed by atoms with Crippen molar-refractivity contribution in [1.82, 2.24) is 0 Å². The second kappa shape index (κ2) is 3.09. The van der Waals surface area contributed by atoms with Gasteiger partial charge in [-0.1, -0.05) is 6.92 Å². The Morgan fingerprint density at radius 3 is 3.25 bits per heavy atom. The number of nitrogens with two attached hydrogens (primary N) is 1. The highest BCUT2D eigenvalue weighted by Crippen LogP contribution is 2.40. The Balaban J connectivity index is 2.41. The zero-order valence-electron chi connectivity index (χ0n) is 7.47. The van der Waals surface area contributed by atoms with Gasteiger partial charge in [0.1, 0.15) is 0 Å². The first-order chi connectivity index (χ1) is 5.83. The first-order valence-corrected chi connectivity index (χ1v) is 5.56. The third-order valence-corrected chi connectivity index (χ3v) is 3.88. The molecule has 0 saturated heterocycles. The number of thiophene rings is 1. The molecule has 1 unspecified atom stereocenters. The summed E-state index contributed by atoms with van der Waals surface area (Å²) in [6.45, 7) is 2.26. The smallest absolute Gasteiger partial charge is 0.0461 e. The Labute approximate surface area is 77.6 Å². The Bertz CT molecular complexity index is 277. The lowest BCUT2D eigenvalue weighted by Crippen LogP contribution is -2.08. The number of anilines is 1. The maximum Gasteiger partial charge on any atom is 0.0461 e. The summed E-state index contributed by atoms with van der Waals surface area (Å²) in [4.78, 5) is 1.55. The van der Waals surface area contributed by atoms with Crippen LogP contribution in [0.1, 0.15) is 42.5 Å². The van der Waals surface area contributed by atoms with Gasteiger partial charge in [0.15, 0.2) is 0 Å². The van der Waals surface area contributed by atoms with Crippen molar-refractivity contribution in [3.63, 3.8) is 0 Å². The van der Waals surface area contributed by atoms with Crippen LogP contribution in [-0.2, 0) is 6.42 Å². The van der Waals surface area contributed by atoms with Crippen molar-refractivity contribution in [2.24, 2.45) is 0 Å². The lowest BCUT2D eigenvalue weighted by Gasteiger charge is -2.21. The van der Waals surface area contributed by atoms with Crippen molar-refractivity contribution >= 4 is 17.0 Å². The first kappa shape index (κ1) is 8.11. The largest absolute Gasteiger partial charge is 0.398 e. The molecule has 1 nitrogen and oxygen atoms in total. The molecule has 1 aromatic rings. The highest BCUT2D eigenvalue weighted by Gasteiger charge is 2.22. The van der Waals surface area contributed by atoms with Crippen LogP contribution in [-0.4, -0.2) is 0 Å². The molecule has 0 aliphatic heterocycles. The second-order valence-corrected chi connectivity index (χ2v) is 4.49. The van der Waals surface area contributed by atoms with E-state index in [-0.39, 0.29) is 0 Å². The lowest BCUT2D eigenvalue weighted by molar-refractivity contribution is 0.548. The summed E-state index contributed by atoms with van der Waals surface area (Å²) < 4.78 is 0. The summed E-state index contributed by atoms with van der Waals surface area (Å²) in [5.41, 5.74) is 8.46. The molecular weight excluding hydrogens is 166 g/mol. The van der Waals surface area contributed by atoms with Gasteiger partial charge in [-0.15, -0.1) is 11.3 Å². The quantitative estimate of drug-likeness (QED) is 0.707. The molecule has 1 heterocycles. The summed E-state index contributed by atoms with van der Waals surface area (Å²) in [5.74, 6) is 0.750. The average Bonchev–Trinajstić information content (AvgIpc) is 2.48. The van der Waals surface area contributed by atoms with E-state index in [1.54, 1.807) is 4.88 Å². The molecular formula is C10H15NS. The van der Waals surface area contributed by atoms with Gasteiger partial charge in [0.05, 0.1) is 0 Å². The molecule has 0 saturated carbocycles. The highest BCUT2D eigenvalue weighted by molar-refractivity contribution is 7.10. The number of nitrogen functional groups attached to an aromatic ring is 1. The molecule has 1 atom stereocenters. The van der Waals surface area contributed by atoms with Gasteiger partial charge < -0.3 is 5.73 Å². The minimum atomic E-state index is 0.750. The predicted octanol–water partition coefficient (Wildman–Crippen LogP) is 3.16. The Morgan fingerprint density at radius 2 is 2.50 bits per heavy atom. The van der Waals surface area contributed by atoms with Gasteiger partial charge in [-0.25, -0.2) is 0 Å². The van der Waals surface area contributed by atoms with Crippen LogP contribution in [0.15, 0.2) is 5.38 Å². The first-order valence-electron chi connectivity index (χ1n) is 4.68. The van der Waals surface area contributed by atoms with Gasteiger partial charge in [0.25, 0.3) is 0 Å². The Morgan fingerprint density at radius 1 is 1.67 bits per heavy atom. The van der Waals surface area contributed by atoms with Gasteiger partial charge in [0, 0.05) is 15.9 Å². The Hall–Kier alpha value is -0.500. The van der Waals surface area contributed by atoms with Crippen LogP contribution in [0.5, 0.6) is 0 Å². The van der Waals surface area contributed by atoms with Crippen molar-refractivity contribution in [1.29, 1.82) is 0 Å². The fourth-order valence-corrected chi connectivity index (χ4v) is 3.21. The molecule has 0 bridgehead atoms. The van der Waals surface area contributed by atoms with Crippen molar-refractivity contribution in [2.45, 2.75) is 38.5 Å². The van der Waals surface area contributed by atoms with E-state index in [1.165, 1.54) is 31.2 Å². The maximum absolute atomic E-state index is 5.94. The van der Waals surface area contributed by atoms with Gasteiger partial charge in [-0.2, -0.15) is 0 Å². The van der Waals surface area contributed by atoms with E-state index in [2.05, 4.69) is 12.3 Å². The monoisotopic (exact) mass is 181 g/mol. The van der Waals surface area contributed by atoms with E-state index < -0.39 is 0 Å². The minimum absolute atomic E-state index is 0.750.